The van der Waals surface area contributed by atoms with E-state index in [1.807, 2.05) is 30.3 Å². The molecule has 7 heteroatoms. The largest absolute Gasteiger partial charge is 0.503 e. The first-order valence-corrected chi connectivity index (χ1v) is 9.65. The SMILES string of the molecule is COc1cc(/C=N/NC(=O)c2cc(C3CC3)nc3ccccc23)cc(Br)c1O. The first-order chi connectivity index (χ1) is 13.6. The number of aromatic nitrogens is 1. The number of ether oxygens (including phenoxy) is 1. The van der Waals surface area contributed by atoms with Gasteiger partial charge in [-0.25, -0.2) is 5.43 Å². The normalized spacial score (nSPS) is 13.8. The molecule has 1 amide bonds. The van der Waals surface area contributed by atoms with Crippen LogP contribution in [0.1, 0.15) is 40.4 Å². The van der Waals surface area contributed by atoms with Gasteiger partial charge < -0.3 is 9.84 Å². The molecule has 0 spiro atoms. The van der Waals surface area contributed by atoms with Crippen molar-refractivity contribution in [3.8, 4) is 11.5 Å². The molecule has 1 aliphatic rings. The average molecular weight is 440 g/mol. The van der Waals surface area contributed by atoms with E-state index in [4.69, 9.17) is 4.74 Å². The van der Waals surface area contributed by atoms with E-state index < -0.39 is 0 Å². The Balaban J connectivity index is 1.59. The maximum Gasteiger partial charge on any atom is 0.272 e. The molecular weight excluding hydrogens is 422 g/mol. The van der Waals surface area contributed by atoms with Crippen molar-refractivity contribution >= 4 is 39.0 Å². The minimum Gasteiger partial charge on any atom is -0.503 e. The molecule has 0 radical (unpaired) electrons. The lowest BCUT2D eigenvalue weighted by molar-refractivity contribution is 0.0956. The Hall–Kier alpha value is -2.93. The van der Waals surface area contributed by atoms with Gasteiger partial charge in [0.1, 0.15) is 0 Å². The number of hydrogen-bond donors (Lipinski definition) is 2. The van der Waals surface area contributed by atoms with Crippen molar-refractivity contribution in [3.05, 3.63) is 63.8 Å². The number of carbonyl (C=O) groups excluding carboxylic acids is 1. The molecule has 2 N–H and O–H groups in total. The Labute approximate surface area is 170 Å². The monoisotopic (exact) mass is 439 g/mol. The fraction of sp³-hybridized carbons (Fsp3) is 0.190. The van der Waals surface area contributed by atoms with Gasteiger partial charge in [-0.2, -0.15) is 5.10 Å². The second kappa shape index (κ2) is 7.59. The van der Waals surface area contributed by atoms with Crippen molar-refractivity contribution < 1.29 is 14.6 Å². The molecule has 28 heavy (non-hydrogen) atoms. The lowest BCUT2D eigenvalue weighted by Crippen LogP contribution is -2.18. The third-order valence-corrected chi connectivity index (χ3v) is 5.23. The zero-order valence-corrected chi connectivity index (χ0v) is 16.7. The summed E-state index contributed by atoms with van der Waals surface area (Å²) in [6.07, 6.45) is 3.72. The molecule has 1 aliphatic carbocycles. The fourth-order valence-corrected chi connectivity index (χ4v) is 3.48. The standard InChI is InChI=1S/C21H18BrN3O3/c1-28-19-9-12(8-16(22)20(19)26)11-23-25-21(27)15-10-18(13-6-7-13)24-17-5-3-2-4-14(15)17/h2-5,8-11,13,26H,6-7H2,1H3,(H,25,27)/b23-11+. The molecule has 4 rings (SSSR count). The van der Waals surface area contributed by atoms with Crippen LogP contribution in [-0.2, 0) is 0 Å². The molecule has 0 atom stereocenters. The number of phenolic OH excluding ortho intramolecular Hbond substituents is 1. The number of nitrogens with zero attached hydrogens (tertiary/aromatic N) is 2. The number of fused-ring (bicyclic) bond motifs is 1. The number of hydrogen-bond acceptors (Lipinski definition) is 5. The quantitative estimate of drug-likeness (QED) is 0.457. The van der Waals surface area contributed by atoms with Crippen LogP contribution in [0.3, 0.4) is 0 Å². The molecule has 1 heterocycles. The number of benzene rings is 2. The van der Waals surface area contributed by atoms with Crippen molar-refractivity contribution in [2.75, 3.05) is 7.11 Å². The highest BCUT2D eigenvalue weighted by molar-refractivity contribution is 9.10. The molecule has 3 aromatic rings. The fourth-order valence-electron chi connectivity index (χ4n) is 3.02. The van der Waals surface area contributed by atoms with Gasteiger partial charge in [-0.1, -0.05) is 18.2 Å². The second-order valence-corrected chi connectivity index (χ2v) is 7.49. The van der Waals surface area contributed by atoms with Gasteiger partial charge in [0.05, 0.1) is 28.9 Å². The highest BCUT2D eigenvalue weighted by Gasteiger charge is 2.26. The van der Waals surface area contributed by atoms with Crippen LogP contribution in [0.4, 0.5) is 0 Å². The molecule has 0 bridgehead atoms. The minimum absolute atomic E-state index is 0.0135. The van der Waals surface area contributed by atoms with E-state index in [0.29, 0.717) is 27.3 Å². The molecule has 0 unspecified atom stereocenters. The first-order valence-electron chi connectivity index (χ1n) is 8.86. The van der Waals surface area contributed by atoms with Crippen LogP contribution in [0.25, 0.3) is 10.9 Å². The summed E-state index contributed by atoms with van der Waals surface area (Å²) in [4.78, 5) is 17.4. The minimum atomic E-state index is -0.290. The molecule has 0 saturated heterocycles. The number of pyridine rings is 1. The summed E-state index contributed by atoms with van der Waals surface area (Å²) < 4.78 is 5.60. The first kappa shape index (κ1) is 18.4. The van der Waals surface area contributed by atoms with Crippen LogP contribution < -0.4 is 10.2 Å². The van der Waals surface area contributed by atoms with E-state index in [1.54, 1.807) is 12.1 Å². The second-order valence-electron chi connectivity index (χ2n) is 6.64. The summed E-state index contributed by atoms with van der Waals surface area (Å²) >= 11 is 3.26. The van der Waals surface area contributed by atoms with E-state index in [9.17, 15) is 9.90 Å². The highest BCUT2D eigenvalue weighted by atomic mass is 79.9. The van der Waals surface area contributed by atoms with Crippen LogP contribution >= 0.6 is 15.9 Å². The van der Waals surface area contributed by atoms with Crippen LogP contribution in [0.5, 0.6) is 11.5 Å². The van der Waals surface area contributed by atoms with Crippen molar-refractivity contribution in [1.82, 2.24) is 10.4 Å². The van der Waals surface area contributed by atoms with Gasteiger partial charge in [-0.05, 0) is 58.6 Å². The number of halogens is 1. The molecule has 2 aromatic carbocycles. The summed E-state index contributed by atoms with van der Waals surface area (Å²) in [7, 11) is 1.47. The molecular formula is C21H18BrN3O3. The van der Waals surface area contributed by atoms with Gasteiger partial charge in [-0.15, -0.1) is 0 Å². The van der Waals surface area contributed by atoms with Crippen LogP contribution in [0.2, 0.25) is 0 Å². The zero-order valence-electron chi connectivity index (χ0n) is 15.1. The van der Waals surface area contributed by atoms with Gasteiger partial charge in [0.15, 0.2) is 11.5 Å². The topological polar surface area (TPSA) is 83.8 Å². The lowest BCUT2D eigenvalue weighted by atomic mass is 10.1. The Bertz CT molecular complexity index is 1090. The van der Waals surface area contributed by atoms with Gasteiger partial charge in [-0.3, -0.25) is 9.78 Å². The highest BCUT2D eigenvalue weighted by Crippen LogP contribution is 2.40. The number of rotatable bonds is 5. The number of hydrazone groups is 1. The number of nitrogens with one attached hydrogen (secondary N) is 1. The Morgan fingerprint density at radius 3 is 2.86 bits per heavy atom. The van der Waals surface area contributed by atoms with Gasteiger partial charge >= 0.3 is 0 Å². The third kappa shape index (κ3) is 3.71. The molecule has 142 valence electrons. The number of amides is 1. The van der Waals surface area contributed by atoms with Crippen molar-refractivity contribution in [1.29, 1.82) is 0 Å². The predicted octanol–water partition coefficient (Wildman–Crippen LogP) is 4.35. The number of para-hydroxylation sites is 1. The molecule has 0 aliphatic heterocycles. The van der Waals surface area contributed by atoms with E-state index in [1.165, 1.54) is 13.3 Å². The zero-order chi connectivity index (χ0) is 19.7. The smallest absolute Gasteiger partial charge is 0.272 e. The van der Waals surface area contributed by atoms with E-state index in [0.717, 1.165) is 29.4 Å². The Morgan fingerprint density at radius 2 is 2.11 bits per heavy atom. The summed E-state index contributed by atoms with van der Waals surface area (Å²) in [5, 5.41) is 14.7. The van der Waals surface area contributed by atoms with Crippen molar-refractivity contribution in [3.63, 3.8) is 0 Å². The van der Waals surface area contributed by atoms with Gasteiger partial charge in [0.2, 0.25) is 0 Å². The predicted molar refractivity (Wildman–Crippen MR) is 111 cm³/mol. The van der Waals surface area contributed by atoms with E-state index in [2.05, 4.69) is 31.4 Å². The summed E-state index contributed by atoms with van der Waals surface area (Å²) in [5.74, 6) is 0.485. The lowest BCUT2D eigenvalue weighted by Gasteiger charge is -2.08. The van der Waals surface area contributed by atoms with Crippen LogP contribution in [0.15, 0.2) is 52.0 Å². The van der Waals surface area contributed by atoms with Crippen molar-refractivity contribution in [2.24, 2.45) is 5.10 Å². The van der Waals surface area contributed by atoms with Crippen molar-refractivity contribution in [2.45, 2.75) is 18.8 Å². The molecule has 1 aromatic heterocycles. The molecule has 1 saturated carbocycles. The molecule has 6 nitrogen and oxygen atoms in total. The van der Waals surface area contributed by atoms with Gasteiger partial charge in [0.25, 0.3) is 5.91 Å². The van der Waals surface area contributed by atoms with Gasteiger partial charge in [0, 0.05) is 17.0 Å². The summed E-state index contributed by atoms with van der Waals surface area (Å²) in [5.41, 5.74) is 5.58. The van der Waals surface area contributed by atoms with E-state index in [-0.39, 0.29) is 11.7 Å². The van der Waals surface area contributed by atoms with Crippen LogP contribution in [0, 0.1) is 0 Å². The summed E-state index contributed by atoms with van der Waals surface area (Å²) in [6.45, 7) is 0. The number of carbonyl (C=O) groups is 1. The Kier molecular flexibility index (Phi) is 5.00. The number of aromatic hydroxyl groups is 1. The number of phenols is 1. The maximum atomic E-state index is 12.8. The Morgan fingerprint density at radius 1 is 1.32 bits per heavy atom. The van der Waals surface area contributed by atoms with Crippen LogP contribution in [-0.4, -0.2) is 29.3 Å². The average Bonchev–Trinajstić information content (AvgIpc) is 3.55. The molecule has 1 fully saturated rings. The third-order valence-electron chi connectivity index (χ3n) is 4.63. The maximum absolute atomic E-state index is 12.8. The van der Waals surface area contributed by atoms with E-state index >= 15 is 0 Å². The summed E-state index contributed by atoms with van der Waals surface area (Å²) in [6, 6.07) is 12.8. The number of methoxy groups -OCH3 is 1.